The SMILES string of the molecule is N#Cc1cccc(/C=C2/N=C(c3ccc(F)cc3)OC2=O)c1. The average Bonchev–Trinajstić information content (AvgIpc) is 2.89. The zero-order chi connectivity index (χ0) is 15.5. The first-order valence-corrected chi connectivity index (χ1v) is 6.44. The van der Waals surface area contributed by atoms with Crippen LogP contribution >= 0.6 is 0 Å². The summed E-state index contributed by atoms with van der Waals surface area (Å²) < 4.78 is 18.0. The number of hydrogen-bond donors (Lipinski definition) is 0. The molecule has 5 heteroatoms. The third-order valence-corrected chi connectivity index (χ3v) is 3.03. The Morgan fingerprint density at radius 1 is 1.18 bits per heavy atom. The first-order valence-electron chi connectivity index (χ1n) is 6.44. The molecule has 0 unspecified atom stereocenters. The van der Waals surface area contributed by atoms with Crippen molar-refractivity contribution in [2.75, 3.05) is 0 Å². The third-order valence-electron chi connectivity index (χ3n) is 3.03. The quantitative estimate of drug-likeness (QED) is 0.631. The molecule has 0 fully saturated rings. The van der Waals surface area contributed by atoms with Crippen LogP contribution in [0.2, 0.25) is 0 Å². The maximum Gasteiger partial charge on any atom is 0.363 e. The fourth-order valence-electron chi connectivity index (χ4n) is 1.98. The zero-order valence-electron chi connectivity index (χ0n) is 11.3. The molecule has 1 aliphatic heterocycles. The Hall–Kier alpha value is -3.26. The summed E-state index contributed by atoms with van der Waals surface area (Å²) in [4.78, 5) is 16.0. The number of aliphatic imine (C=N–C) groups is 1. The second-order valence-electron chi connectivity index (χ2n) is 4.58. The fraction of sp³-hybridized carbons (Fsp3) is 0. The number of rotatable bonds is 2. The van der Waals surface area contributed by atoms with Crippen LogP contribution in [0, 0.1) is 17.1 Å². The molecular weight excluding hydrogens is 283 g/mol. The number of carbonyl (C=O) groups is 1. The van der Waals surface area contributed by atoms with E-state index in [2.05, 4.69) is 4.99 Å². The van der Waals surface area contributed by atoms with Crippen LogP contribution in [0.3, 0.4) is 0 Å². The molecule has 0 atom stereocenters. The minimum atomic E-state index is -0.582. The van der Waals surface area contributed by atoms with E-state index in [1.807, 2.05) is 6.07 Å². The first kappa shape index (κ1) is 13.7. The highest BCUT2D eigenvalue weighted by Gasteiger charge is 2.24. The summed E-state index contributed by atoms with van der Waals surface area (Å²) in [6, 6.07) is 14.3. The summed E-state index contributed by atoms with van der Waals surface area (Å²) >= 11 is 0. The van der Waals surface area contributed by atoms with E-state index in [1.54, 1.807) is 30.3 Å². The lowest BCUT2D eigenvalue weighted by molar-refractivity contribution is -0.129. The molecule has 2 aromatic rings. The van der Waals surface area contributed by atoms with Gasteiger partial charge in [-0.25, -0.2) is 14.2 Å². The maximum absolute atomic E-state index is 12.9. The highest BCUT2D eigenvalue weighted by Crippen LogP contribution is 2.19. The van der Waals surface area contributed by atoms with Crippen LogP contribution in [0.4, 0.5) is 4.39 Å². The standard InChI is InChI=1S/C17H9FN2O2/c18-14-6-4-13(5-7-14)16-20-15(17(21)22-16)9-11-2-1-3-12(8-11)10-19/h1-9H/b15-9+. The van der Waals surface area contributed by atoms with Crippen LogP contribution in [0.25, 0.3) is 6.08 Å². The molecular formula is C17H9FN2O2. The molecule has 3 rings (SSSR count). The molecule has 1 aliphatic rings. The molecule has 0 N–H and O–H groups in total. The normalized spacial score (nSPS) is 15.4. The van der Waals surface area contributed by atoms with Crippen molar-refractivity contribution in [1.29, 1.82) is 5.26 Å². The van der Waals surface area contributed by atoms with Gasteiger partial charge in [0.2, 0.25) is 5.90 Å². The summed E-state index contributed by atoms with van der Waals surface area (Å²) in [5.74, 6) is -0.827. The van der Waals surface area contributed by atoms with Gasteiger partial charge in [0.05, 0.1) is 11.6 Å². The van der Waals surface area contributed by atoms with E-state index in [-0.39, 0.29) is 17.4 Å². The average molecular weight is 292 g/mol. The topological polar surface area (TPSA) is 62.4 Å². The van der Waals surface area contributed by atoms with Gasteiger partial charge in [-0.2, -0.15) is 5.26 Å². The van der Waals surface area contributed by atoms with Crippen molar-refractivity contribution < 1.29 is 13.9 Å². The Morgan fingerprint density at radius 2 is 1.95 bits per heavy atom. The van der Waals surface area contributed by atoms with Gasteiger partial charge in [0.25, 0.3) is 0 Å². The number of ether oxygens (including phenoxy) is 1. The van der Waals surface area contributed by atoms with Gasteiger partial charge in [0.1, 0.15) is 5.82 Å². The molecule has 0 bridgehead atoms. The number of cyclic esters (lactones) is 1. The first-order chi connectivity index (χ1) is 10.7. The lowest BCUT2D eigenvalue weighted by atomic mass is 10.1. The van der Waals surface area contributed by atoms with Gasteiger partial charge in [-0.05, 0) is 48.0 Å². The Bertz CT molecular complexity index is 846. The molecule has 1 heterocycles. The summed E-state index contributed by atoms with van der Waals surface area (Å²) in [5.41, 5.74) is 1.82. The number of hydrogen-bond acceptors (Lipinski definition) is 4. The van der Waals surface area contributed by atoms with Crippen molar-refractivity contribution >= 4 is 17.9 Å². The molecule has 0 aromatic heterocycles. The number of esters is 1. The molecule has 22 heavy (non-hydrogen) atoms. The van der Waals surface area contributed by atoms with Crippen LogP contribution in [0.1, 0.15) is 16.7 Å². The predicted molar refractivity (Wildman–Crippen MR) is 78.2 cm³/mol. The number of carbonyl (C=O) groups excluding carboxylic acids is 1. The molecule has 0 saturated carbocycles. The Morgan fingerprint density at radius 3 is 2.68 bits per heavy atom. The number of halogens is 1. The lowest BCUT2D eigenvalue weighted by Crippen LogP contribution is -2.05. The van der Waals surface area contributed by atoms with E-state index in [0.29, 0.717) is 16.7 Å². The Kier molecular flexibility index (Phi) is 3.50. The third kappa shape index (κ3) is 2.76. The molecule has 0 aliphatic carbocycles. The van der Waals surface area contributed by atoms with Gasteiger partial charge in [-0.3, -0.25) is 0 Å². The van der Waals surface area contributed by atoms with E-state index < -0.39 is 5.97 Å². The Balaban J connectivity index is 1.94. The Labute approximate surface area is 125 Å². The van der Waals surface area contributed by atoms with Gasteiger partial charge in [-0.15, -0.1) is 0 Å². The van der Waals surface area contributed by atoms with E-state index in [4.69, 9.17) is 10.00 Å². The number of nitrogens with zero attached hydrogens (tertiary/aromatic N) is 2. The molecule has 0 saturated heterocycles. The fourth-order valence-corrected chi connectivity index (χ4v) is 1.98. The largest absolute Gasteiger partial charge is 0.402 e. The van der Waals surface area contributed by atoms with Crippen molar-refractivity contribution in [3.8, 4) is 6.07 Å². The van der Waals surface area contributed by atoms with Gasteiger partial charge >= 0.3 is 5.97 Å². The summed E-state index contributed by atoms with van der Waals surface area (Å²) in [5, 5.41) is 8.87. The van der Waals surface area contributed by atoms with E-state index >= 15 is 0 Å². The van der Waals surface area contributed by atoms with Crippen LogP contribution in [-0.2, 0) is 9.53 Å². The smallest absolute Gasteiger partial charge is 0.363 e. The van der Waals surface area contributed by atoms with Crippen molar-refractivity contribution in [3.63, 3.8) is 0 Å². The van der Waals surface area contributed by atoms with Gasteiger partial charge < -0.3 is 4.74 Å². The second-order valence-corrected chi connectivity index (χ2v) is 4.58. The summed E-state index contributed by atoms with van der Waals surface area (Å²) in [6.07, 6.45) is 1.54. The minimum Gasteiger partial charge on any atom is -0.402 e. The van der Waals surface area contributed by atoms with E-state index in [9.17, 15) is 9.18 Å². The molecule has 0 amide bonds. The van der Waals surface area contributed by atoms with Gasteiger partial charge in [-0.1, -0.05) is 12.1 Å². The van der Waals surface area contributed by atoms with Crippen LogP contribution in [0.15, 0.2) is 59.2 Å². The highest BCUT2D eigenvalue weighted by molar-refractivity contribution is 6.12. The monoisotopic (exact) mass is 292 g/mol. The number of nitriles is 1. The lowest BCUT2D eigenvalue weighted by Gasteiger charge is -1.98. The van der Waals surface area contributed by atoms with Crippen LogP contribution < -0.4 is 0 Å². The van der Waals surface area contributed by atoms with E-state index in [0.717, 1.165) is 0 Å². The highest BCUT2D eigenvalue weighted by atomic mass is 19.1. The molecule has 4 nitrogen and oxygen atoms in total. The summed E-state index contributed by atoms with van der Waals surface area (Å²) in [7, 11) is 0. The molecule has 106 valence electrons. The molecule has 0 spiro atoms. The van der Waals surface area contributed by atoms with Crippen LogP contribution in [-0.4, -0.2) is 11.9 Å². The number of benzene rings is 2. The van der Waals surface area contributed by atoms with Crippen molar-refractivity contribution in [3.05, 3.63) is 76.7 Å². The van der Waals surface area contributed by atoms with Crippen molar-refractivity contribution in [1.82, 2.24) is 0 Å². The minimum absolute atomic E-state index is 0.132. The van der Waals surface area contributed by atoms with Gasteiger partial charge in [0.15, 0.2) is 5.70 Å². The van der Waals surface area contributed by atoms with Crippen molar-refractivity contribution in [2.24, 2.45) is 4.99 Å². The summed E-state index contributed by atoms with van der Waals surface area (Å²) in [6.45, 7) is 0. The van der Waals surface area contributed by atoms with Crippen LogP contribution in [0.5, 0.6) is 0 Å². The predicted octanol–water partition coefficient (Wildman–Crippen LogP) is 3.04. The van der Waals surface area contributed by atoms with Crippen molar-refractivity contribution in [2.45, 2.75) is 0 Å². The maximum atomic E-state index is 12.9. The molecule has 0 radical (unpaired) electrons. The zero-order valence-corrected chi connectivity index (χ0v) is 11.3. The molecule has 2 aromatic carbocycles. The van der Waals surface area contributed by atoms with E-state index in [1.165, 1.54) is 24.3 Å². The van der Waals surface area contributed by atoms with Gasteiger partial charge in [0, 0.05) is 5.56 Å². The second kappa shape index (κ2) is 5.62.